The number of hydrogen-bond acceptors (Lipinski definition) is 5. The van der Waals surface area contributed by atoms with E-state index in [1.54, 1.807) is 43.3 Å². The minimum absolute atomic E-state index is 0.0312. The summed E-state index contributed by atoms with van der Waals surface area (Å²) in [5, 5.41) is 16.4. The molecular formula is C22H19N3O4S. The third kappa shape index (κ3) is 5.62. The van der Waals surface area contributed by atoms with Gasteiger partial charge in [0, 0.05) is 11.6 Å². The van der Waals surface area contributed by atoms with Gasteiger partial charge in [-0.3, -0.25) is 20.2 Å². The summed E-state index contributed by atoms with van der Waals surface area (Å²) in [6, 6.07) is 21.1. The van der Waals surface area contributed by atoms with Crippen LogP contribution in [-0.4, -0.2) is 15.9 Å². The zero-order valence-corrected chi connectivity index (χ0v) is 16.9. The molecule has 0 unspecified atom stereocenters. The summed E-state index contributed by atoms with van der Waals surface area (Å²) in [6.07, 6.45) is 0. The van der Waals surface area contributed by atoms with Gasteiger partial charge in [-0.2, -0.15) is 0 Å². The maximum atomic E-state index is 12.4. The number of anilines is 1. The van der Waals surface area contributed by atoms with E-state index in [0.717, 1.165) is 11.1 Å². The smallest absolute Gasteiger partial charge is 0.292 e. The largest absolute Gasteiger partial charge is 0.489 e. The predicted octanol–water partition coefficient (Wildman–Crippen LogP) is 4.61. The number of amides is 1. The molecule has 3 aromatic rings. The molecule has 8 heteroatoms. The van der Waals surface area contributed by atoms with Crippen molar-refractivity contribution in [2.24, 2.45) is 0 Å². The number of carbonyl (C=O) groups excluding carboxylic acids is 1. The van der Waals surface area contributed by atoms with Gasteiger partial charge in [0.15, 0.2) is 5.11 Å². The monoisotopic (exact) mass is 421 g/mol. The third-order valence-electron chi connectivity index (χ3n) is 4.19. The van der Waals surface area contributed by atoms with Crippen LogP contribution in [0.1, 0.15) is 21.5 Å². The fraction of sp³-hybridized carbons (Fsp3) is 0.0909. The number of nitrogens with one attached hydrogen (secondary N) is 2. The summed E-state index contributed by atoms with van der Waals surface area (Å²) in [4.78, 5) is 23.1. The topological polar surface area (TPSA) is 93.5 Å². The summed E-state index contributed by atoms with van der Waals surface area (Å²) in [6.45, 7) is 2.18. The van der Waals surface area contributed by atoms with E-state index >= 15 is 0 Å². The highest BCUT2D eigenvalue weighted by atomic mass is 32.1. The number of hydrogen-bond donors (Lipinski definition) is 2. The summed E-state index contributed by atoms with van der Waals surface area (Å²) in [5.41, 5.74) is 2.26. The van der Waals surface area contributed by atoms with E-state index in [4.69, 9.17) is 17.0 Å². The average Bonchev–Trinajstić information content (AvgIpc) is 2.74. The van der Waals surface area contributed by atoms with Crippen molar-refractivity contribution in [3.8, 4) is 5.75 Å². The van der Waals surface area contributed by atoms with Gasteiger partial charge in [0.25, 0.3) is 11.6 Å². The number of rotatable bonds is 6. The van der Waals surface area contributed by atoms with Crippen molar-refractivity contribution in [2.75, 3.05) is 5.32 Å². The second kappa shape index (κ2) is 9.62. The minimum Gasteiger partial charge on any atom is -0.489 e. The maximum Gasteiger partial charge on any atom is 0.292 e. The molecule has 0 atom stereocenters. The molecule has 0 aliphatic carbocycles. The van der Waals surface area contributed by atoms with Crippen LogP contribution in [0.3, 0.4) is 0 Å². The average molecular weight is 421 g/mol. The van der Waals surface area contributed by atoms with Gasteiger partial charge in [0.2, 0.25) is 0 Å². The molecule has 0 aliphatic heterocycles. The fourth-order valence-electron chi connectivity index (χ4n) is 2.67. The molecular weight excluding hydrogens is 402 g/mol. The van der Waals surface area contributed by atoms with Gasteiger partial charge in [0.1, 0.15) is 18.0 Å². The van der Waals surface area contributed by atoms with Crippen molar-refractivity contribution in [3.05, 3.63) is 99.6 Å². The van der Waals surface area contributed by atoms with Crippen LogP contribution >= 0.6 is 12.2 Å². The van der Waals surface area contributed by atoms with Gasteiger partial charge < -0.3 is 10.1 Å². The van der Waals surface area contributed by atoms with Crippen LogP contribution in [0, 0.1) is 17.0 Å². The standard InChI is InChI=1S/C22H19N3O4S/c1-15-7-12-19(20(13-15)25(27)28)23-22(30)24-21(26)17-8-10-18(11-9-17)29-14-16-5-3-2-4-6-16/h2-13H,14H2,1H3,(H2,23,24,26,30). The van der Waals surface area contributed by atoms with Crippen molar-refractivity contribution >= 4 is 34.6 Å². The lowest BCUT2D eigenvalue weighted by Crippen LogP contribution is -2.34. The Morgan fingerprint density at radius 2 is 1.77 bits per heavy atom. The molecule has 2 N–H and O–H groups in total. The number of nitro benzene ring substituents is 1. The Balaban J connectivity index is 1.58. The number of nitro groups is 1. The molecule has 0 saturated carbocycles. The van der Waals surface area contributed by atoms with Crippen molar-refractivity contribution in [1.82, 2.24) is 5.32 Å². The Bertz CT molecular complexity index is 1070. The molecule has 0 heterocycles. The number of benzene rings is 3. The fourth-order valence-corrected chi connectivity index (χ4v) is 2.87. The number of ether oxygens (including phenoxy) is 1. The lowest BCUT2D eigenvalue weighted by Gasteiger charge is -2.11. The van der Waals surface area contributed by atoms with Crippen molar-refractivity contribution in [2.45, 2.75) is 13.5 Å². The SMILES string of the molecule is Cc1ccc(NC(=S)NC(=O)c2ccc(OCc3ccccc3)cc2)c([N+](=O)[O-])c1. The van der Waals surface area contributed by atoms with E-state index < -0.39 is 10.8 Å². The van der Waals surface area contributed by atoms with Gasteiger partial charge in [-0.1, -0.05) is 36.4 Å². The molecule has 0 spiro atoms. The second-order valence-electron chi connectivity index (χ2n) is 6.48. The first-order valence-electron chi connectivity index (χ1n) is 9.06. The lowest BCUT2D eigenvalue weighted by molar-refractivity contribution is -0.383. The molecule has 30 heavy (non-hydrogen) atoms. The number of thiocarbonyl (C=S) groups is 1. The quantitative estimate of drug-likeness (QED) is 0.343. The zero-order valence-electron chi connectivity index (χ0n) is 16.1. The van der Waals surface area contributed by atoms with Crippen LogP contribution in [0.5, 0.6) is 5.75 Å². The molecule has 0 saturated heterocycles. The summed E-state index contributed by atoms with van der Waals surface area (Å²) in [5.74, 6) is 0.197. The molecule has 3 rings (SSSR count). The van der Waals surface area contributed by atoms with E-state index in [-0.39, 0.29) is 16.5 Å². The Labute approximate surface area is 178 Å². The lowest BCUT2D eigenvalue weighted by atomic mass is 10.2. The highest BCUT2D eigenvalue weighted by Gasteiger charge is 2.16. The Hall–Kier alpha value is -3.78. The first-order valence-corrected chi connectivity index (χ1v) is 9.47. The van der Waals surface area contributed by atoms with Gasteiger partial charge in [0.05, 0.1) is 4.92 Å². The first-order chi connectivity index (χ1) is 14.4. The summed E-state index contributed by atoms with van der Waals surface area (Å²) >= 11 is 5.12. The first kappa shape index (κ1) is 20.9. The molecule has 3 aromatic carbocycles. The molecule has 7 nitrogen and oxygen atoms in total. The Morgan fingerprint density at radius 3 is 2.43 bits per heavy atom. The summed E-state index contributed by atoms with van der Waals surface area (Å²) in [7, 11) is 0. The Morgan fingerprint density at radius 1 is 1.07 bits per heavy atom. The van der Waals surface area contributed by atoms with Crippen LogP contribution in [0.15, 0.2) is 72.8 Å². The molecule has 152 valence electrons. The molecule has 0 aromatic heterocycles. The molecule has 0 radical (unpaired) electrons. The van der Waals surface area contributed by atoms with Crippen molar-refractivity contribution < 1.29 is 14.5 Å². The minimum atomic E-state index is -0.506. The van der Waals surface area contributed by atoms with E-state index in [0.29, 0.717) is 17.9 Å². The van der Waals surface area contributed by atoms with Crippen LogP contribution in [-0.2, 0) is 6.61 Å². The summed E-state index contributed by atoms with van der Waals surface area (Å²) < 4.78 is 5.70. The number of aryl methyl sites for hydroxylation is 1. The van der Waals surface area contributed by atoms with E-state index in [9.17, 15) is 14.9 Å². The van der Waals surface area contributed by atoms with Crippen molar-refractivity contribution in [3.63, 3.8) is 0 Å². The number of nitrogens with zero attached hydrogens (tertiary/aromatic N) is 1. The maximum absolute atomic E-state index is 12.4. The highest BCUT2D eigenvalue weighted by Crippen LogP contribution is 2.25. The Kier molecular flexibility index (Phi) is 6.71. The zero-order chi connectivity index (χ0) is 21.5. The second-order valence-corrected chi connectivity index (χ2v) is 6.89. The van der Waals surface area contributed by atoms with Gasteiger partial charge in [-0.05, 0) is 60.6 Å². The van der Waals surface area contributed by atoms with Gasteiger partial charge in [-0.25, -0.2) is 0 Å². The van der Waals surface area contributed by atoms with Gasteiger partial charge >= 0.3 is 0 Å². The van der Waals surface area contributed by atoms with Crippen LogP contribution < -0.4 is 15.4 Å². The van der Waals surface area contributed by atoms with Crippen LogP contribution in [0.4, 0.5) is 11.4 Å². The van der Waals surface area contributed by atoms with Crippen LogP contribution in [0.25, 0.3) is 0 Å². The normalized spacial score (nSPS) is 10.2. The van der Waals surface area contributed by atoms with E-state index in [1.165, 1.54) is 6.07 Å². The third-order valence-corrected chi connectivity index (χ3v) is 4.39. The molecule has 0 aliphatic rings. The van der Waals surface area contributed by atoms with Gasteiger partial charge in [-0.15, -0.1) is 0 Å². The highest BCUT2D eigenvalue weighted by molar-refractivity contribution is 7.80. The molecule has 1 amide bonds. The molecule has 0 bridgehead atoms. The predicted molar refractivity (Wildman–Crippen MR) is 119 cm³/mol. The molecule has 0 fully saturated rings. The number of carbonyl (C=O) groups is 1. The van der Waals surface area contributed by atoms with E-state index in [1.807, 2.05) is 30.3 Å². The van der Waals surface area contributed by atoms with Crippen LogP contribution in [0.2, 0.25) is 0 Å². The van der Waals surface area contributed by atoms with Crippen molar-refractivity contribution in [1.29, 1.82) is 0 Å². The van der Waals surface area contributed by atoms with E-state index in [2.05, 4.69) is 10.6 Å².